The van der Waals surface area contributed by atoms with E-state index in [-0.39, 0.29) is 11.7 Å². The van der Waals surface area contributed by atoms with E-state index in [0.717, 1.165) is 9.13 Å². The molecule has 2 rings (SSSR count). The quantitative estimate of drug-likeness (QED) is 0.792. The first-order chi connectivity index (χ1) is 9.47. The number of aromatic hydroxyl groups is 1. The van der Waals surface area contributed by atoms with Gasteiger partial charge in [-0.05, 0) is 58.5 Å². The molecule has 0 aliphatic carbocycles. The molecule has 0 aliphatic rings. The Morgan fingerprint density at radius 3 is 2.70 bits per heavy atom. The number of phenols is 1. The molecule has 20 heavy (non-hydrogen) atoms. The van der Waals surface area contributed by atoms with Crippen molar-refractivity contribution in [3.8, 4) is 5.75 Å². The number of amides is 1. The van der Waals surface area contributed by atoms with Crippen LogP contribution in [-0.4, -0.2) is 23.0 Å². The molecular formula is C15H13ClINO2. The molecule has 1 N–H and O–H groups in total. The Kier molecular flexibility index (Phi) is 4.88. The maximum absolute atomic E-state index is 12.3. The molecule has 0 bridgehead atoms. The van der Waals surface area contributed by atoms with Gasteiger partial charge in [0.2, 0.25) is 0 Å². The monoisotopic (exact) mass is 401 g/mol. The van der Waals surface area contributed by atoms with Crippen LogP contribution in [0.25, 0.3) is 0 Å². The first-order valence-corrected chi connectivity index (χ1v) is 7.41. The molecule has 0 radical (unpaired) electrons. The lowest BCUT2D eigenvalue weighted by Crippen LogP contribution is -2.26. The number of hydrogen-bond donors (Lipinski definition) is 1. The second-order valence-corrected chi connectivity index (χ2v) is 6.03. The van der Waals surface area contributed by atoms with Gasteiger partial charge in [0.1, 0.15) is 5.75 Å². The molecular weight excluding hydrogens is 389 g/mol. The fraction of sp³-hybridized carbons (Fsp3) is 0.133. The highest BCUT2D eigenvalue weighted by Crippen LogP contribution is 2.21. The van der Waals surface area contributed by atoms with Crippen molar-refractivity contribution < 1.29 is 9.90 Å². The van der Waals surface area contributed by atoms with Gasteiger partial charge in [0.05, 0.1) is 5.02 Å². The number of rotatable bonds is 3. The van der Waals surface area contributed by atoms with Crippen LogP contribution in [0.4, 0.5) is 0 Å². The number of carbonyl (C=O) groups excluding carboxylic acids is 1. The van der Waals surface area contributed by atoms with Gasteiger partial charge in [0, 0.05) is 22.7 Å². The van der Waals surface area contributed by atoms with Crippen LogP contribution in [0.5, 0.6) is 5.75 Å². The summed E-state index contributed by atoms with van der Waals surface area (Å²) in [6.45, 7) is 0.427. The smallest absolute Gasteiger partial charge is 0.253 e. The lowest BCUT2D eigenvalue weighted by Gasteiger charge is -2.17. The third-order valence-electron chi connectivity index (χ3n) is 2.84. The van der Waals surface area contributed by atoms with Crippen LogP contribution in [0.3, 0.4) is 0 Å². The number of benzene rings is 2. The van der Waals surface area contributed by atoms with Gasteiger partial charge in [-0.15, -0.1) is 0 Å². The molecule has 0 aliphatic heterocycles. The summed E-state index contributed by atoms with van der Waals surface area (Å²) in [6, 6.07) is 12.1. The molecule has 2 aromatic rings. The third kappa shape index (κ3) is 3.64. The molecule has 0 atom stereocenters. The van der Waals surface area contributed by atoms with Crippen LogP contribution in [0.2, 0.25) is 5.02 Å². The van der Waals surface area contributed by atoms with E-state index in [9.17, 15) is 9.90 Å². The first kappa shape index (κ1) is 15.1. The predicted octanol–water partition coefficient (Wildman–Crippen LogP) is 3.92. The van der Waals surface area contributed by atoms with Crippen molar-refractivity contribution in [1.29, 1.82) is 0 Å². The van der Waals surface area contributed by atoms with Crippen molar-refractivity contribution in [2.75, 3.05) is 7.05 Å². The summed E-state index contributed by atoms with van der Waals surface area (Å²) in [5.74, 6) is 0.0901. The molecule has 2 aromatic carbocycles. The Labute approximate surface area is 136 Å². The fourth-order valence-electron chi connectivity index (χ4n) is 1.85. The Morgan fingerprint density at radius 1 is 1.30 bits per heavy atom. The molecule has 0 saturated heterocycles. The minimum atomic E-state index is -0.105. The summed E-state index contributed by atoms with van der Waals surface area (Å²) in [7, 11) is 1.72. The maximum atomic E-state index is 12.3. The highest BCUT2D eigenvalue weighted by molar-refractivity contribution is 14.1. The van der Waals surface area contributed by atoms with Crippen molar-refractivity contribution in [2.24, 2.45) is 0 Å². The molecule has 0 aromatic heterocycles. The van der Waals surface area contributed by atoms with E-state index in [1.165, 1.54) is 0 Å². The first-order valence-electron chi connectivity index (χ1n) is 5.96. The zero-order valence-corrected chi connectivity index (χ0v) is 13.7. The van der Waals surface area contributed by atoms with Gasteiger partial charge < -0.3 is 10.0 Å². The van der Waals surface area contributed by atoms with Crippen LogP contribution in [0.15, 0.2) is 42.5 Å². The molecule has 5 heteroatoms. The van der Waals surface area contributed by atoms with E-state index in [4.69, 9.17) is 11.6 Å². The molecule has 104 valence electrons. The van der Waals surface area contributed by atoms with Gasteiger partial charge in [-0.1, -0.05) is 23.7 Å². The van der Waals surface area contributed by atoms with E-state index >= 15 is 0 Å². The summed E-state index contributed by atoms with van der Waals surface area (Å²) in [5.41, 5.74) is 1.43. The van der Waals surface area contributed by atoms with Gasteiger partial charge >= 0.3 is 0 Å². The van der Waals surface area contributed by atoms with Crippen molar-refractivity contribution in [3.05, 3.63) is 62.2 Å². The van der Waals surface area contributed by atoms with Gasteiger partial charge in [0.15, 0.2) is 0 Å². The molecule has 1 amide bonds. The highest BCUT2D eigenvalue weighted by Gasteiger charge is 2.13. The topological polar surface area (TPSA) is 40.5 Å². The van der Waals surface area contributed by atoms with Crippen molar-refractivity contribution in [2.45, 2.75) is 6.54 Å². The van der Waals surface area contributed by atoms with Crippen LogP contribution in [0, 0.1) is 3.57 Å². The van der Waals surface area contributed by atoms with E-state index in [1.807, 2.05) is 12.1 Å². The second-order valence-electron chi connectivity index (χ2n) is 4.46. The van der Waals surface area contributed by atoms with E-state index in [2.05, 4.69) is 22.6 Å². The molecule has 0 unspecified atom stereocenters. The SMILES string of the molecule is CN(Cc1cccc(O)c1)C(=O)c1ccc(I)c(Cl)c1. The van der Waals surface area contributed by atoms with Crippen LogP contribution in [-0.2, 0) is 6.54 Å². The van der Waals surface area contributed by atoms with Crippen LogP contribution < -0.4 is 0 Å². The Morgan fingerprint density at radius 2 is 2.05 bits per heavy atom. The summed E-state index contributed by atoms with van der Waals surface area (Å²) < 4.78 is 0.913. The van der Waals surface area contributed by atoms with Crippen LogP contribution in [0.1, 0.15) is 15.9 Å². The maximum Gasteiger partial charge on any atom is 0.253 e. The summed E-state index contributed by atoms with van der Waals surface area (Å²) in [6.07, 6.45) is 0. The number of halogens is 2. The lowest BCUT2D eigenvalue weighted by atomic mass is 10.1. The van der Waals surface area contributed by atoms with Crippen molar-refractivity contribution in [3.63, 3.8) is 0 Å². The zero-order chi connectivity index (χ0) is 14.7. The van der Waals surface area contributed by atoms with Crippen molar-refractivity contribution >= 4 is 40.1 Å². The van der Waals surface area contributed by atoms with Crippen molar-refractivity contribution in [1.82, 2.24) is 4.90 Å². The second kappa shape index (κ2) is 6.45. The molecule has 0 heterocycles. The van der Waals surface area contributed by atoms with Crippen LogP contribution >= 0.6 is 34.2 Å². The van der Waals surface area contributed by atoms with Gasteiger partial charge in [-0.2, -0.15) is 0 Å². The standard InChI is InChI=1S/C15H13ClINO2/c1-18(9-10-3-2-4-12(19)7-10)15(20)11-5-6-14(17)13(16)8-11/h2-8,19H,9H2,1H3. The largest absolute Gasteiger partial charge is 0.508 e. The molecule has 3 nitrogen and oxygen atoms in total. The average Bonchev–Trinajstić information content (AvgIpc) is 2.41. The molecule has 0 fully saturated rings. The number of phenolic OH excluding ortho intramolecular Hbond substituents is 1. The highest BCUT2D eigenvalue weighted by atomic mass is 127. The summed E-state index contributed by atoms with van der Waals surface area (Å²) in [5, 5.41) is 10.00. The number of hydrogen-bond acceptors (Lipinski definition) is 2. The predicted molar refractivity (Wildman–Crippen MR) is 88.1 cm³/mol. The van der Waals surface area contributed by atoms with E-state index in [1.54, 1.807) is 42.3 Å². The lowest BCUT2D eigenvalue weighted by molar-refractivity contribution is 0.0785. The minimum Gasteiger partial charge on any atom is -0.508 e. The Balaban J connectivity index is 2.14. The summed E-state index contributed by atoms with van der Waals surface area (Å²) in [4.78, 5) is 13.9. The van der Waals surface area contributed by atoms with Gasteiger partial charge in [-0.25, -0.2) is 0 Å². The zero-order valence-electron chi connectivity index (χ0n) is 10.8. The van der Waals surface area contributed by atoms with Gasteiger partial charge in [-0.3, -0.25) is 4.79 Å². The third-order valence-corrected chi connectivity index (χ3v) is 4.42. The number of nitrogens with zero attached hydrogens (tertiary/aromatic N) is 1. The Hall–Kier alpha value is -1.27. The van der Waals surface area contributed by atoms with E-state index in [0.29, 0.717) is 17.1 Å². The average molecular weight is 402 g/mol. The fourth-order valence-corrected chi connectivity index (χ4v) is 2.37. The van der Waals surface area contributed by atoms with Gasteiger partial charge in [0.25, 0.3) is 5.91 Å². The minimum absolute atomic E-state index is 0.105. The van der Waals surface area contributed by atoms with E-state index < -0.39 is 0 Å². The summed E-state index contributed by atoms with van der Waals surface area (Å²) >= 11 is 8.15. The number of carbonyl (C=O) groups is 1. The molecule has 0 saturated carbocycles. The molecule has 0 spiro atoms. The Bertz CT molecular complexity index is 646. The normalized spacial score (nSPS) is 10.3.